The van der Waals surface area contributed by atoms with Gasteiger partial charge in [0.2, 0.25) is 0 Å². The van der Waals surface area contributed by atoms with E-state index in [2.05, 4.69) is 40.0 Å². The van der Waals surface area contributed by atoms with Crippen molar-refractivity contribution in [2.24, 2.45) is 0 Å². The summed E-state index contributed by atoms with van der Waals surface area (Å²) in [5, 5.41) is 0. The maximum absolute atomic E-state index is 6.32. The zero-order valence-electron chi connectivity index (χ0n) is 18.0. The number of rotatable bonds is 18. The molecule has 3 nitrogen and oxygen atoms in total. The fourth-order valence-electron chi connectivity index (χ4n) is 3.02. The van der Waals surface area contributed by atoms with E-state index in [0.717, 1.165) is 19.4 Å². The molecule has 0 fully saturated rings. The maximum Gasteiger partial charge on any atom is 0.323 e. The molecule has 0 aromatic rings. The van der Waals surface area contributed by atoms with Gasteiger partial charge in [0.1, 0.15) is 6.29 Å². The molecule has 5 heteroatoms. The first-order valence-electron chi connectivity index (χ1n) is 10.7. The second kappa shape index (κ2) is 16.5. The molecule has 0 aliphatic heterocycles. The van der Waals surface area contributed by atoms with Crippen LogP contribution in [0.25, 0.3) is 0 Å². The Balaban J connectivity index is 4.14. The second-order valence-electron chi connectivity index (χ2n) is 7.80. The van der Waals surface area contributed by atoms with Crippen LogP contribution < -0.4 is 0 Å². The Kier molecular flexibility index (Phi) is 16.7. The lowest BCUT2D eigenvalue weighted by Crippen LogP contribution is -2.43. The van der Waals surface area contributed by atoms with Crippen molar-refractivity contribution in [3.8, 4) is 0 Å². The lowest BCUT2D eigenvalue weighted by molar-refractivity contribution is -0.0996. The summed E-state index contributed by atoms with van der Waals surface area (Å²) in [6.07, 6.45) is 15.2. The minimum Gasteiger partial charge on any atom is -0.436 e. The van der Waals surface area contributed by atoms with Gasteiger partial charge in [0.15, 0.2) is 9.04 Å². The van der Waals surface area contributed by atoms with E-state index in [9.17, 15) is 0 Å². The molecule has 0 aromatic carbocycles. The average Bonchev–Trinajstić information content (AvgIpc) is 2.51. The van der Waals surface area contributed by atoms with Gasteiger partial charge >= 0.3 is 8.56 Å². The molecule has 0 bridgehead atoms. The Hall–Kier alpha value is 0.314. The van der Waals surface area contributed by atoms with Crippen LogP contribution in [0.15, 0.2) is 0 Å². The van der Waals surface area contributed by atoms with Crippen molar-refractivity contribution in [1.29, 1.82) is 0 Å². The summed E-state index contributed by atoms with van der Waals surface area (Å²) in [4.78, 5) is 0. The molecule has 1 radical (unpaired) electrons. The second-order valence-corrected chi connectivity index (χ2v) is 13.5. The number of unbranched alkanes of at least 4 members (excludes halogenated alkanes) is 9. The molecule has 151 valence electrons. The molecule has 25 heavy (non-hydrogen) atoms. The predicted octanol–water partition coefficient (Wildman–Crippen LogP) is 7.04. The van der Waals surface area contributed by atoms with Crippen LogP contribution in [0, 0.1) is 0 Å². The zero-order chi connectivity index (χ0) is 19.0. The van der Waals surface area contributed by atoms with Crippen molar-refractivity contribution >= 4 is 17.6 Å². The molecule has 1 unspecified atom stereocenters. The summed E-state index contributed by atoms with van der Waals surface area (Å²) in [5.74, 6) is 0. The van der Waals surface area contributed by atoms with E-state index < -0.39 is 17.6 Å². The summed E-state index contributed by atoms with van der Waals surface area (Å²) in [6.45, 7) is 14.0. The van der Waals surface area contributed by atoms with E-state index in [-0.39, 0.29) is 6.29 Å². The van der Waals surface area contributed by atoms with Gasteiger partial charge in [0.05, 0.1) is 0 Å². The van der Waals surface area contributed by atoms with Crippen LogP contribution in [0.5, 0.6) is 0 Å². The van der Waals surface area contributed by atoms with Gasteiger partial charge in [-0.25, -0.2) is 0 Å². The van der Waals surface area contributed by atoms with Gasteiger partial charge in [0.25, 0.3) is 0 Å². The van der Waals surface area contributed by atoms with E-state index in [1.54, 1.807) is 0 Å². The number of hydrogen-bond donors (Lipinski definition) is 0. The number of hydrogen-bond acceptors (Lipinski definition) is 3. The minimum atomic E-state index is -2.07. The average molecular weight is 390 g/mol. The molecule has 0 rings (SSSR count). The SMILES string of the molecule is CCCCCCCCOC(CCCCCCC)O[Si](C)(C)O[Si](C)C. The topological polar surface area (TPSA) is 27.7 Å². The lowest BCUT2D eigenvalue weighted by Gasteiger charge is -2.30. The molecule has 0 aliphatic carbocycles. The van der Waals surface area contributed by atoms with Crippen molar-refractivity contribution in [2.45, 2.75) is 123 Å². The van der Waals surface area contributed by atoms with Gasteiger partial charge < -0.3 is 13.3 Å². The van der Waals surface area contributed by atoms with Gasteiger partial charge in [-0.05, 0) is 45.5 Å². The smallest absolute Gasteiger partial charge is 0.323 e. The summed E-state index contributed by atoms with van der Waals surface area (Å²) in [6, 6.07) is 0. The van der Waals surface area contributed by atoms with E-state index in [0.29, 0.717) is 0 Å². The fourth-order valence-corrected chi connectivity index (χ4v) is 7.96. The molecule has 0 saturated heterocycles. The lowest BCUT2D eigenvalue weighted by atomic mass is 10.1. The van der Waals surface area contributed by atoms with E-state index in [1.807, 2.05) is 0 Å². The third kappa shape index (κ3) is 17.5. The van der Waals surface area contributed by atoms with Gasteiger partial charge in [-0.2, -0.15) is 0 Å². The highest BCUT2D eigenvalue weighted by atomic mass is 28.4. The third-order valence-corrected chi connectivity index (χ3v) is 8.64. The quantitative estimate of drug-likeness (QED) is 0.143. The molecular weight excluding hydrogens is 344 g/mol. The molecule has 0 N–H and O–H groups in total. The standard InChI is InChI=1S/C20H45O3Si2/c1-7-9-11-13-15-17-19-21-20(18-16-14-12-10-8-2)22-25(5,6)23-24(3)4/h20H,7-19H2,1-6H3. The zero-order valence-corrected chi connectivity index (χ0v) is 20.0. The highest BCUT2D eigenvalue weighted by Gasteiger charge is 2.30. The molecule has 0 heterocycles. The van der Waals surface area contributed by atoms with E-state index in [4.69, 9.17) is 13.3 Å². The van der Waals surface area contributed by atoms with Crippen LogP contribution >= 0.6 is 0 Å². The molecule has 0 saturated carbocycles. The molecule has 1 atom stereocenters. The maximum atomic E-state index is 6.32. The molecule has 0 amide bonds. The number of ether oxygens (including phenoxy) is 1. The summed E-state index contributed by atoms with van der Waals surface area (Å²) >= 11 is 0. The van der Waals surface area contributed by atoms with Gasteiger partial charge in [-0.15, -0.1) is 0 Å². The first kappa shape index (κ1) is 25.3. The summed E-state index contributed by atoms with van der Waals surface area (Å²) in [7, 11) is -2.80. The van der Waals surface area contributed by atoms with Crippen molar-refractivity contribution in [3.63, 3.8) is 0 Å². The van der Waals surface area contributed by atoms with Crippen LogP contribution in [0.4, 0.5) is 0 Å². The molecule has 0 spiro atoms. The van der Waals surface area contributed by atoms with Gasteiger partial charge in [-0.1, -0.05) is 71.6 Å². The Morgan fingerprint density at radius 2 is 1.28 bits per heavy atom. The minimum absolute atomic E-state index is 0.0692. The van der Waals surface area contributed by atoms with Crippen molar-refractivity contribution < 1.29 is 13.3 Å². The predicted molar refractivity (Wildman–Crippen MR) is 114 cm³/mol. The fraction of sp³-hybridized carbons (Fsp3) is 1.00. The molecule has 0 aromatic heterocycles. The van der Waals surface area contributed by atoms with Gasteiger partial charge in [-0.3, -0.25) is 0 Å². The van der Waals surface area contributed by atoms with Crippen LogP contribution in [0.3, 0.4) is 0 Å². The van der Waals surface area contributed by atoms with Gasteiger partial charge in [0, 0.05) is 6.61 Å². The van der Waals surface area contributed by atoms with Crippen molar-refractivity contribution in [3.05, 3.63) is 0 Å². The largest absolute Gasteiger partial charge is 0.436 e. The third-order valence-electron chi connectivity index (χ3n) is 4.21. The molecular formula is C20H45O3Si2. The highest BCUT2D eigenvalue weighted by Crippen LogP contribution is 2.18. The van der Waals surface area contributed by atoms with Crippen molar-refractivity contribution in [1.82, 2.24) is 0 Å². The van der Waals surface area contributed by atoms with E-state index >= 15 is 0 Å². The van der Waals surface area contributed by atoms with Crippen LogP contribution in [0.1, 0.15) is 90.9 Å². The summed E-state index contributed by atoms with van der Waals surface area (Å²) in [5.41, 5.74) is 0. The first-order valence-corrected chi connectivity index (χ1v) is 15.9. The highest BCUT2D eigenvalue weighted by molar-refractivity contribution is 6.72. The Morgan fingerprint density at radius 1 is 0.760 bits per heavy atom. The first-order chi connectivity index (χ1) is 11.9. The Bertz CT molecular complexity index is 286. The van der Waals surface area contributed by atoms with Crippen LogP contribution in [-0.2, 0) is 13.3 Å². The van der Waals surface area contributed by atoms with Crippen molar-refractivity contribution in [2.75, 3.05) is 6.61 Å². The Labute approximate surface area is 161 Å². The van der Waals surface area contributed by atoms with Crippen LogP contribution in [0.2, 0.25) is 26.2 Å². The van der Waals surface area contributed by atoms with Crippen LogP contribution in [-0.4, -0.2) is 30.5 Å². The normalized spacial score (nSPS) is 13.6. The Morgan fingerprint density at radius 3 is 1.84 bits per heavy atom. The summed E-state index contributed by atoms with van der Waals surface area (Å²) < 4.78 is 18.6. The van der Waals surface area contributed by atoms with E-state index in [1.165, 1.54) is 64.2 Å². The molecule has 0 aliphatic rings. The monoisotopic (exact) mass is 389 g/mol.